The molecule has 0 saturated carbocycles. The van der Waals surface area contributed by atoms with Crippen LogP contribution >= 0.6 is 0 Å². The molecule has 0 aliphatic heterocycles. The number of hydrogen-bond acceptors (Lipinski definition) is 1. The van der Waals surface area contributed by atoms with E-state index in [1.807, 2.05) is 6.26 Å². The summed E-state index contributed by atoms with van der Waals surface area (Å²) in [5, 5.41) is 0. The number of rotatable bonds is 6. The minimum absolute atomic E-state index is 0.389. The van der Waals surface area contributed by atoms with E-state index in [-0.39, 0.29) is 0 Å². The van der Waals surface area contributed by atoms with Crippen molar-refractivity contribution in [1.29, 1.82) is 0 Å². The highest BCUT2D eigenvalue weighted by Crippen LogP contribution is 2.01. The van der Waals surface area contributed by atoms with Crippen LogP contribution < -0.4 is 0 Å². The molecule has 0 radical (unpaired) electrons. The third-order valence-electron chi connectivity index (χ3n) is 1.71. The van der Waals surface area contributed by atoms with Gasteiger partial charge in [-0.15, -0.1) is 0 Å². The van der Waals surface area contributed by atoms with Crippen molar-refractivity contribution in [1.82, 2.24) is 0 Å². The topological polar surface area (TPSA) is 9.23 Å². The van der Waals surface area contributed by atoms with Gasteiger partial charge in [-0.25, -0.2) is 0 Å². The second-order valence-electron chi connectivity index (χ2n) is 3.74. The van der Waals surface area contributed by atoms with Crippen molar-refractivity contribution >= 4 is 8.80 Å². The van der Waals surface area contributed by atoms with E-state index in [0.717, 1.165) is 6.42 Å². The minimum atomic E-state index is -0.416. The average molecular weight is 186 g/mol. The molecule has 0 fully saturated rings. The second kappa shape index (κ2) is 7.41. The highest BCUT2D eigenvalue weighted by atomic mass is 28.3. The first kappa shape index (κ1) is 11.8. The fourth-order valence-electron chi connectivity index (χ4n) is 0.992. The summed E-state index contributed by atoms with van der Waals surface area (Å²) in [4.78, 5) is 0. The van der Waals surface area contributed by atoms with Crippen molar-refractivity contribution in [2.75, 3.05) is 0 Å². The standard InChI is InChI=1S/C10H22OSi/c1-5-7-10(2)11-8-6-9-12(3)4/h6,8,10,12H,5,7,9H2,1-4H3. The van der Waals surface area contributed by atoms with Gasteiger partial charge in [0, 0.05) is 8.80 Å². The Labute approximate surface area is 78.4 Å². The smallest absolute Gasteiger partial charge is 0.0950 e. The number of ether oxygens (including phenoxy) is 1. The van der Waals surface area contributed by atoms with E-state index in [0.29, 0.717) is 6.10 Å². The zero-order valence-electron chi connectivity index (χ0n) is 8.84. The Morgan fingerprint density at radius 2 is 2.08 bits per heavy atom. The molecule has 0 N–H and O–H groups in total. The zero-order valence-corrected chi connectivity index (χ0v) is 9.99. The predicted molar refractivity (Wildman–Crippen MR) is 58.3 cm³/mol. The maximum Gasteiger partial charge on any atom is 0.0950 e. The summed E-state index contributed by atoms with van der Waals surface area (Å²) in [6.45, 7) is 9.00. The monoisotopic (exact) mass is 186 g/mol. The molecule has 0 aliphatic carbocycles. The van der Waals surface area contributed by atoms with Crippen LogP contribution in [-0.4, -0.2) is 14.9 Å². The maximum atomic E-state index is 5.47. The zero-order chi connectivity index (χ0) is 9.40. The summed E-state index contributed by atoms with van der Waals surface area (Å²) >= 11 is 0. The maximum absolute atomic E-state index is 5.47. The van der Waals surface area contributed by atoms with Gasteiger partial charge in [-0.3, -0.25) is 0 Å². The Bertz CT molecular complexity index is 121. The lowest BCUT2D eigenvalue weighted by Gasteiger charge is -2.08. The molecule has 0 amide bonds. The Balaban J connectivity index is 3.33. The van der Waals surface area contributed by atoms with Crippen LogP contribution in [0.5, 0.6) is 0 Å². The normalized spacial score (nSPS) is 14.1. The molecular formula is C10H22OSi. The summed E-state index contributed by atoms with van der Waals surface area (Å²) in [5.41, 5.74) is 0. The molecule has 2 heteroatoms. The van der Waals surface area contributed by atoms with Crippen LogP contribution in [0.25, 0.3) is 0 Å². The lowest BCUT2D eigenvalue weighted by Crippen LogP contribution is -2.02. The molecule has 72 valence electrons. The Morgan fingerprint density at radius 3 is 2.58 bits per heavy atom. The highest BCUT2D eigenvalue weighted by molar-refractivity contribution is 6.56. The molecule has 0 aromatic heterocycles. The van der Waals surface area contributed by atoms with E-state index in [9.17, 15) is 0 Å². The van der Waals surface area contributed by atoms with Gasteiger partial charge in [-0.05, 0) is 19.4 Å². The van der Waals surface area contributed by atoms with Crippen LogP contribution in [0.1, 0.15) is 26.7 Å². The van der Waals surface area contributed by atoms with Gasteiger partial charge < -0.3 is 4.74 Å². The van der Waals surface area contributed by atoms with Crippen molar-refractivity contribution < 1.29 is 4.74 Å². The largest absolute Gasteiger partial charge is 0.499 e. The van der Waals surface area contributed by atoms with Gasteiger partial charge in [0.2, 0.25) is 0 Å². The Hall–Kier alpha value is -0.243. The van der Waals surface area contributed by atoms with E-state index in [4.69, 9.17) is 4.74 Å². The summed E-state index contributed by atoms with van der Waals surface area (Å²) in [5.74, 6) is 0. The number of allylic oxidation sites excluding steroid dienone is 1. The molecule has 1 nitrogen and oxygen atoms in total. The van der Waals surface area contributed by atoms with Crippen molar-refractivity contribution in [3.8, 4) is 0 Å². The van der Waals surface area contributed by atoms with Crippen LogP contribution in [0.2, 0.25) is 19.1 Å². The summed E-state index contributed by atoms with van der Waals surface area (Å²) in [6.07, 6.45) is 6.80. The Morgan fingerprint density at radius 1 is 1.42 bits per heavy atom. The van der Waals surface area contributed by atoms with E-state index in [1.165, 1.54) is 12.5 Å². The molecule has 0 bridgehead atoms. The van der Waals surface area contributed by atoms with Crippen LogP contribution in [0.4, 0.5) is 0 Å². The van der Waals surface area contributed by atoms with Crippen molar-refractivity contribution in [2.24, 2.45) is 0 Å². The first-order valence-electron chi connectivity index (χ1n) is 4.97. The van der Waals surface area contributed by atoms with E-state index < -0.39 is 8.80 Å². The van der Waals surface area contributed by atoms with E-state index >= 15 is 0 Å². The van der Waals surface area contributed by atoms with E-state index in [2.05, 4.69) is 33.0 Å². The van der Waals surface area contributed by atoms with Gasteiger partial charge in [-0.2, -0.15) is 0 Å². The van der Waals surface area contributed by atoms with Crippen LogP contribution in [0.15, 0.2) is 12.3 Å². The highest BCUT2D eigenvalue weighted by Gasteiger charge is 1.96. The minimum Gasteiger partial charge on any atom is -0.499 e. The molecule has 12 heavy (non-hydrogen) atoms. The van der Waals surface area contributed by atoms with Gasteiger partial charge in [0.15, 0.2) is 0 Å². The first-order chi connectivity index (χ1) is 5.66. The van der Waals surface area contributed by atoms with Crippen LogP contribution in [0, 0.1) is 0 Å². The van der Waals surface area contributed by atoms with Gasteiger partial charge in [0.25, 0.3) is 0 Å². The van der Waals surface area contributed by atoms with Crippen LogP contribution in [-0.2, 0) is 4.74 Å². The first-order valence-corrected chi connectivity index (χ1v) is 8.09. The van der Waals surface area contributed by atoms with E-state index in [1.54, 1.807) is 0 Å². The van der Waals surface area contributed by atoms with Crippen molar-refractivity contribution in [3.05, 3.63) is 12.3 Å². The summed E-state index contributed by atoms with van der Waals surface area (Å²) in [7, 11) is -0.416. The van der Waals surface area contributed by atoms with Crippen LogP contribution in [0.3, 0.4) is 0 Å². The molecular weight excluding hydrogens is 164 g/mol. The fraction of sp³-hybridized carbons (Fsp3) is 0.800. The average Bonchev–Trinajstić information content (AvgIpc) is 1.98. The third kappa shape index (κ3) is 7.86. The molecule has 0 aromatic carbocycles. The molecule has 0 saturated heterocycles. The molecule has 0 heterocycles. The Kier molecular flexibility index (Phi) is 7.26. The molecule has 1 unspecified atom stereocenters. The quantitative estimate of drug-likeness (QED) is 0.457. The molecule has 0 aliphatic rings. The summed E-state index contributed by atoms with van der Waals surface area (Å²) in [6, 6.07) is 1.25. The van der Waals surface area contributed by atoms with Gasteiger partial charge in [-0.1, -0.05) is 32.5 Å². The van der Waals surface area contributed by atoms with Gasteiger partial charge in [0.1, 0.15) is 0 Å². The SMILES string of the molecule is CCCC(C)OC=CC[SiH](C)C. The fourth-order valence-corrected chi connectivity index (χ4v) is 1.65. The van der Waals surface area contributed by atoms with Crippen molar-refractivity contribution in [2.45, 2.75) is 51.9 Å². The lowest BCUT2D eigenvalue weighted by atomic mass is 10.2. The molecule has 0 spiro atoms. The third-order valence-corrected chi connectivity index (χ3v) is 2.92. The second-order valence-corrected chi connectivity index (χ2v) is 7.00. The molecule has 0 aromatic rings. The van der Waals surface area contributed by atoms with Crippen molar-refractivity contribution in [3.63, 3.8) is 0 Å². The lowest BCUT2D eigenvalue weighted by molar-refractivity contribution is 0.151. The molecule has 0 rings (SSSR count). The molecule has 1 atom stereocenters. The van der Waals surface area contributed by atoms with Gasteiger partial charge >= 0.3 is 0 Å². The predicted octanol–water partition coefficient (Wildman–Crippen LogP) is 3.19. The number of hydrogen-bond donors (Lipinski definition) is 0. The van der Waals surface area contributed by atoms with Gasteiger partial charge in [0.05, 0.1) is 12.4 Å². The summed E-state index contributed by atoms with van der Waals surface area (Å²) < 4.78 is 5.47.